The van der Waals surface area contributed by atoms with Gasteiger partial charge in [0.15, 0.2) is 0 Å². The number of primary amides is 2. The topological polar surface area (TPSA) is 110 Å². The largest absolute Gasteiger partial charge is 0.352 e. The van der Waals surface area contributed by atoms with E-state index in [1.807, 2.05) is 20.8 Å². The van der Waals surface area contributed by atoms with E-state index in [9.17, 15) is 9.59 Å². The average Bonchev–Trinajstić information content (AvgIpc) is 2.06. The van der Waals surface area contributed by atoms with E-state index in [2.05, 4.69) is 10.6 Å². The maximum Gasteiger partial charge on any atom is 0.312 e. The minimum absolute atomic E-state index is 0.0303. The number of nitrogens with two attached hydrogens (primary N) is 2. The van der Waals surface area contributed by atoms with Crippen molar-refractivity contribution in [3.8, 4) is 0 Å². The summed E-state index contributed by atoms with van der Waals surface area (Å²) in [7, 11) is 0. The van der Waals surface area contributed by atoms with Gasteiger partial charge < -0.3 is 22.1 Å². The molecule has 2 atom stereocenters. The number of carbonyl (C=O) groups is 2. The molecule has 17 heavy (non-hydrogen) atoms. The molecule has 6 heteroatoms. The average molecular weight is 242 g/mol. The first-order valence-electron chi connectivity index (χ1n) is 5.78. The first kappa shape index (κ1) is 13.6. The minimum Gasteiger partial charge on any atom is -0.352 e. The second-order valence-corrected chi connectivity index (χ2v) is 5.82. The van der Waals surface area contributed by atoms with E-state index in [-0.39, 0.29) is 17.0 Å². The van der Waals surface area contributed by atoms with E-state index in [4.69, 9.17) is 11.5 Å². The van der Waals surface area contributed by atoms with Crippen LogP contribution in [0.1, 0.15) is 40.0 Å². The summed E-state index contributed by atoms with van der Waals surface area (Å²) in [4.78, 5) is 21.9. The summed E-state index contributed by atoms with van der Waals surface area (Å²) in [6.45, 7) is 6.07. The van der Waals surface area contributed by atoms with Crippen LogP contribution in [0.2, 0.25) is 0 Å². The Kier molecular flexibility index (Phi) is 3.54. The van der Waals surface area contributed by atoms with Crippen molar-refractivity contribution >= 4 is 12.1 Å². The molecule has 0 aromatic heterocycles. The molecule has 0 aromatic carbocycles. The van der Waals surface area contributed by atoms with E-state index in [0.717, 1.165) is 19.3 Å². The number of hydrogen-bond donors (Lipinski definition) is 4. The van der Waals surface area contributed by atoms with Crippen molar-refractivity contribution in [1.29, 1.82) is 0 Å². The predicted molar refractivity (Wildman–Crippen MR) is 65.3 cm³/mol. The van der Waals surface area contributed by atoms with Crippen LogP contribution < -0.4 is 22.1 Å². The summed E-state index contributed by atoms with van der Waals surface area (Å²) in [6.07, 6.45) is 2.28. The van der Waals surface area contributed by atoms with Gasteiger partial charge in [-0.25, -0.2) is 9.59 Å². The third kappa shape index (κ3) is 3.51. The summed E-state index contributed by atoms with van der Waals surface area (Å²) >= 11 is 0. The molecule has 2 unspecified atom stereocenters. The zero-order valence-electron chi connectivity index (χ0n) is 10.7. The van der Waals surface area contributed by atoms with Gasteiger partial charge in [-0.15, -0.1) is 0 Å². The molecule has 0 spiro atoms. The Hall–Kier alpha value is -1.46. The highest BCUT2D eigenvalue weighted by atomic mass is 16.2. The molecule has 98 valence electrons. The number of hydrogen-bond acceptors (Lipinski definition) is 2. The molecule has 0 radical (unpaired) electrons. The lowest BCUT2D eigenvalue weighted by Gasteiger charge is -2.47. The van der Waals surface area contributed by atoms with E-state index >= 15 is 0 Å². The van der Waals surface area contributed by atoms with Crippen LogP contribution in [-0.4, -0.2) is 23.6 Å². The smallest absolute Gasteiger partial charge is 0.312 e. The molecule has 6 N–H and O–H groups in total. The van der Waals surface area contributed by atoms with Gasteiger partial charge in [0, 0.05) is 11.6 Å². The summed E-state index contributed by atoms with van der Waals surface area (Å²) in [5.74, 6) is 0. The molecule has 6 nitrogen and oxygen atoms in total. The Morgan fingerprint density at radius 2 is 1.76 bits per heavy atom. The van der Waals surface area contributed by atoms with Crippen LogP contribution in [-0.2, 0) is 0 Å². The van der Waals surface area contributed by atoms with Crippen LogP contribution in [0, 0.1) is 5.41 Å². The van der Waals surface area contributed by atoms with Crippen LogP contribution in [0.15, 0.2) is 0 Å². The second-order valence-electron chi connectivity index (χ2n) is 5.82. The fourth-order valence-corrected chi connectivity index (χ4v) is 2.91. The van der Waals surface area contributed by atoms with E-state index in [1.165, 1.54) is 0 Å². The molecular formula is C11H22N4O2. The maximum absolute atomic E-state index is 11.0. The first-order valence-corrected chi connectivity index (χ1v) is 5.78. The lowest BCUT2D eigenvalue weighted by molar-refractivity contribution is 0.0989. The summed E-state index contributed by atoms with van der Waals surface area (Å²) in [5, 5.41) is 5.54. The van der Waals surface area contributed by atoms with E-state index < -0.39 is 12.1 Å². The first-order chi connectivity index (χ1) is 7.65. The Morgan fingerprint density at radius 1 is 1.18 bits per heavy atom. The third-order valence-corrected chi connectivity index (χ3v) is 3.52. The zero-order chi connectivity index (χ0) is 13.3. The maximum atomic E-state index is 11.0. The summed E-state index contributed by atoms with van der Waals surface area (Å²) < 4.78 is 0. The number of nitrogens with one attached hydrogen (secondary N) is 2. The second kappa shape index (κ2) is 4.43. The van der Waals surface area contributed by atoms with Crippen molar-refractivity contribution in [2.24, 2.45) is 16.9 Å². The van der Waals surface area contributed by atoms with Crippen LogP contribution in [0.4, 0.5) is 9.59 Å². The zero-order valence-corrected chi connectivity index (χ0v) is 10.7. The van der Waals surface area contributed by atoms with Gasteiger partial charge in [0.05, 0.1) is 0 Å². The molecule has 4 amide bonds. The highest BCUT2D eigenvalue weighted by Crippen LogP contribution is 2.40. The van der Waals surface area contributed by atoms with Crippen LogP contribution >= 0.6 is 0 Å². The number of carbonyl (C=O) groups excluding carboxylic acids is 2. The highest BCUT2D eigenvalue weighted by molar-refractivity contribution is 5.73. The van der Waals surface area contributed by atoms with Crippen LogP contribution in [0.25, 0.3) is 0 Å². The molecule has 0 heterocycles. The van der Waals surface area contributed by atoms with Crippen molar-refractivity contribution in [2.45, 2.75) is 51.6 Å². The summed E-state index contributed by atoms with van der Waals surface area (Å²) in [6, 6.07) is -0.984. The highest BCUT2D eigenvalue weighted by Gasteiger charge is 2.43. The number of urea groups is 2. The van der Waals surface area contributed by atoms with Crippen LogP contribution in [0.3, 0.4) is 0 Å². The molecule has 1 aliphatic carbocycles. The number of amides is 4. The Labute approximate surface area is 101 Å². The molecule has 0 aliphatic heterocycles. The van der Waals surface area contributed by atoms with Gasteiger partial charge in [-0.3, -0.25) is 0 Å². The van der Waals surface area contributed by atoms with E-state index in [0.29, 0.717) is 0 Å². The van der Waals surface area contributed by atoms with E-state index in [1.54, 1.807) is 0 Å². The van der Waals surface area contributed by atoms with Crippen molar-refractivity contribution in [2.75, 3.05) is 0 Å². The molecule has 1 fully saturated rings. The Balaban J connectivity index is 2.73. The normalized spacial score (nSPS) is 31.6. The van der Waals surface area contributed by atoms with Gasteiger partial charge in [-0.05, 0) is 31.6 Å². The standard InChI is InChI=1S/C11H22N4O2/c1-10(2)6-11(3,15-9(13)17)5-4-7(10)14-8(12)16/h7H,4-6H2,1-3H3,(H3,12,14,16)(H3,13,15,17). The van der Waals surface area contributed by atoms with Crippen molar-refractivity contribution in [1.82, 2.24) is 10.6 Å². The lowest BCUT2D eigenvalue weighted by atomic mass is 9.66. The molecule has 0 aromatic rings. The SMILES string of the molecule is CC1(NC(N)=O)CCC(NC(N)=O)C(C)(C)C1. The summed E-state index contributed by atoms with van der Waals surface area (Å²) in [5.41, 5.74) is 9.88. The fraction of sp³-hybridized carbons (Fsp3) is 0.818. The van der Waals surface area contributed by atoms with Gasteiger partial charge in [-0.2, -0.15) is 0 Å². The van der Waals surface area contributed by atoms with Crippen molar-refractivity contribution in [3.63, 3.8) is 0 Å². The fourth-order valence-electron chi connectivity index (χ4n) is 2.91. The van der Waals surface area contributed by atoms with Gasteiger partial charge in [0.25, 0.3) is 0 Å². The van der Waals surface area contributed by atoms with Crippen molar-refractivity contribution < 1.29 is 9.59 Å². The van der Waals surface area contributed by atoms with Crippen molar-refractivity contribution in [3.05, 3.63) is 0 Å². The molecule has 0 saturated heterocycles. The van der Waals surface area contributed by atoms with Gasteiger partial charge in [0.2, 0.25) is 0 Å². The predicted octanol–water partition coefficient (Wildman–Crippen LogP) is 0.660. The molecule has 1 saturated carbocycles. The van der Waals surface area contributed by atoms with Crippen LogP contribution in [0.5, 0.6) is 0 Å². The van der Waals surface area contributed by atoms with Gasteiger partial charge in [-0.1, -0.05) is 13.8 Å². The minimum atomic E-state index is -0.510. The molecule has 1 aliphatic rings. The number of rotatable bonds is 2. The molecule has 1 rings (SSSR count). The molecular weight excluding hydrogens is 220 g/mol. The Bertz CT molecular complexity index is 329. The van der Waals surface area contributed by atoms with Gasteiger partial charge >= 0.3 is 12.1 Å². The quantitative estimate of drug-likeness (QED) is 0.570. The molecule has 0 bridgehead atoms. The third-order valence-electron chi connectivity index (χ3n) is 3.52. The monoisotopic (exact) mass is 242 g/mol. The lowest BCUT2D eigenvalue weighted by Crippen LogP contribution is -2.59. The Morgan fingerprint density at radius 3 is 2.18 bits per heavy atom. The van der Waals surface area contributed by atoms with Gasteiger partial charge in [0.1, 0.15) is 0 Å².